The van der Waals surface area contributed by atoms with Crippen molar-refractivity contribution in [2.45, 2.75) is 12.6 Å². The number of nitrogen functional groups attached to an aromatic ring is 1. The Labute approximate surface area is 95.1 Å². The number of nitrogens with zero attached hydrogens (tertiary/aromatic N) is 1. The van der Waals surface area contributed by atoms with Gasteiger partial charge in [-0.25, -0.2) is 0 Å². The lowest BCUT2D eigenvalue weighted by Gasteiger charge is -2.05. The van der Waals surface area contributed by atoms with Gasteiger partial charge in [0.2, 0.25) is 0 Å². The molecule has 0 radical (unpaired) electrons. The van der Waals surface area contributed by atoms with Crippen molar-refractivity contribution in [2.75, 3.05) is 5.73 Å². The largest absolute Gasteiger partial charge is 0.480 e. The molecule has 3 N–H and O–H groups in total. The predicted molar refractivity (Wildman–Crippen MR) is 53.7 cm³/mol. The summed E-state index contributed by atoms with van der Waals surface area (Å²) in [6.07, 6.45) is -4.67. The predicted octanol–water partition coefficient (Wildman–Crippen LogP) is 2.27. The van der Waals surface area contributed by atoms with Crippen LogP contribution < -0.4 is 5.73 Å². The second-order valence-corrected chi connectivity index (χ2v) is 2.85. The van der Waals surface area contributed by atoms with Crippen molar-refractivity contribution in [2.24, 2.45) is 0 Å². The molecule has 17 heavy (non-hydrogen) atoms. The zero-order chi connectivity index (χ0) is 13.5. The fraction of sp³-hybridized carbons (Fsp3) is 0.200. The van der Waals surface area contributed by atoms with Gasteiger partial charge in [0, 0.05) is 5.69 Å². The number of anilines is 1. The van der Waals surface area contributed by atoms with E-state index in [-0.39, 0.29) is 0 Å². The standard InChI is InChI=1S/C7H6F3N.C3H3NO2/c8-7(9,10)5-1-3-6(11)4-2-5;4-2-1-3(5)6/h1-4H,11H2;1H2,(H,5,6). The van der Waals surface area contributed by atoms with Crippen LogP contribution in [0.25, 0.3) is 0 Å². The van der Waals surface area contributed by atoms with Gasteiger partial charge in [-0.05, 0) is 24.3 Å². The lowest BCUT2D eigenvalue weighted by atomic mass is 10.2. The highest BCUT2D eigenvalue weighted by Gasteiger charge is 2.29. The molecule has 0 unspecified atom stereocenters. The zero-order valence-corrected chi connectivity index (χ0v) is 8.53. The zero-order valence-electron chi connectivity index (χ0n) is 8.53. The number of carboxylic acid groups (broad SMARTS) is 1. The third-order valence-electron chi connectivity index (χ3n) is 1.47. The molecule has 1 rings (SSSR count). The molecular formula is C10H9F3N2O2. The van der Waals surface area contributed by atoms with Gasteiger partial charge in [0.25, 0.3) is 0 Å². The number of hydrogen-bond acceptors (Lipinski definition) is 3. The molecule has 0 spiro atoms. The van der Waals surface area contributed by atoms with E-state index < -0.39 is 24.1 Å². The first-order chi connectivity index (χ1) is 7.77. The minimum Gasteiger partial charge on any atom is -0.480 e. The van der Waals surface area contributed by atoms with E-state index in [0.717, 1.165) is 12.1 Å². The van der Waals surface area contributed by atoms with Gasteiger partial charge in [-0.15, -0.1) is 0 Å². The average molecular weight is 246 g/mol. The van der Waals surface area contributed by atoms with Gasteiger partial charge in [-0.1, -0.05) is 0 Å². The number of benzene rings is 1. The van der Waals surface area contributed by atoms with Crippen LogP contribution in [0.15, 0.2) is 24.3 Å². The number of rotatable bonds is 1. The second kappa shape index (κ2) is 6.37. The first kappa shape index (κ1) is 14.8. The summed E-state index contributed by atoms with van der Waals surface area (Å²) in [5, 5.41) is 15.3. The molecule has 0 fully saturated rings. The highest BCUT2D eigenvalue weighted by Crippen LogP contribution is 2.29. The van der Waals surface area contributed by atoms with Crippen LogP contribution in [0, 0.1) is 11.3 Å². The van der Waals surface area contributed by atoms with Crippen LogP contribution in [0.3, 0.4) is 0 Å². The Morgan fingerprint density at radius 3 is 2.06 bits per heavy atom. The Hall–Kier alpha value is -2.23. The molecule has 0 heterocycles. The maximum absolute atomic E-state index is 11.9. The number of nitrogens with two attached hydrogens (primary N) is 1. The molecule has 0 aliphatic carbocycles. The Balaban J connectivity index is 0.000000366. The Bertz CT molecular complexity index is 407. The quantitative estimate of drug-likeness (QED) is 0.744. The molecule has 0 saturated carbocycles. The van der Waals surface area contributed by atoms with Crippen LogP contribution in [0.5, 0.6) is 0 Å². The number of aliphatic carboxylic acids is 1. The summed E-state index contributed by atoms with van der Waals surface area (Å²) in [5.74, 6) is -1.07. The molecule has 92 valence electrons. The maximum atomic E-state index is 11.9. The van der Waals surface area contributed by atoms with Crippen molar-refractivity contribution in [1.29, 1.82) is 5.26 Å². The molecule has 0 atom stereocenters. The summed E-state index contributed by atoms with van der Waals surface area (Å²) < 4.78 is 35.6. The summed E-state index contributed by atoms with van der Waals surface area (Å²) in [5.41, 5.74) is 4.86. The van der Waals surface area contributed by atoms with Crippen LogP contribution in [-0.2, 0) is 11.0 Å². The van der Waals surface area contributed by atoms with Gasteiger partial charge >= 0.3 is 12.1 Å². The monoisotopic (exact) mass is 246 g/mol. The average Bonchev–Trinajstić information content (AvgIpc) is 2.17. The topological polar surface area (TPSA) is 87.1 Å². The van der Waals surface area contributed by atoms with Crippen LogP contribution in [-0.4, -0.2) is 11.1 Å². The number of nitriles is 1. The first-order valence-corrected chi connectivity index (χ1v) is 4.29. The molecule has 0 bridgehead atoms. The third-order valence-corrected chi connectivity index (χ3v) is 1.47. The minimum absolute atomic E-state index is 0.331. The van der Waals surface area contributed by atoms with Crippen LogP contribution in [0.1, 0.15) is 12.0 Å². The van der Waals surface area contributed by atoms with Crippen molar-refractivity contribution in [1.82, 2.24) is 0 Å². The summed E-state index contributed by atoms with van der Waals surface area (Å²) in [6.45, 7) is 0. The maximum Gasteiger partial charge on any atom is 0.416 e. The summed E-state index contributed by atoms with van der Waals surface area (Å²) in [7, 11) is 0. The van der Waals surface area contributed by atoms with E-state index in [1.807, 2.05) is 0 Å². The molecule has 0 aliphatic heterocycles. The second-order valence-electron chi connectivity index (χ2n) is 2.85. The van der Waals surface area contributed by atoms with Crippen molar-refractivity contribution >= 4 is 11.7 Å². The van der Waals surface area contributed by atoms with Crippen molar-refractivity contribution in [3.8, 4) is 6.07 Å². The number of hydrogen-bond donors (Lipinski definition) is 2. The van der Waals surface area contributed by atoms with Gasteiger partial charge in [0.1, 0.15) is 6.42 Å². The van der Waals surface area contributed by atoms with Crippen molar-refractivity contribution < 1.29 is 23.1 Å². The van der Waals surface area contributed by atoms with E-state index in [2.05, 4.69) is 0 Å². The van der Waals surface area contributed by atoms with E-state index in [0.29, 0.717) is 5.69 Å². The number of alkyl halides is 3. The smallest absolute Gasteiger partial charge is 0.416 e. The van der Waals surface area contributed by atoms with Crippen LogP contribution in [0.2, 0.25) is 0 Å². The molecule has 0 amide bonds. The fourth-order valence-corrected chi connectivity index (χ4v) is 0.740. The summed E-state index contributed by atoms with van der Waals surface area (Å²) in [4.78, 5) is 9.38. The lowest BCUT2D eigenvalue weighted by molar-refractivity contribution is -0.138. The lowest BCUT2D eigenvalue weighted by Crippen LogP contribution is -2.04. The van der Waals surface area contributed by atoms with E-state index in [4.69, 9.17) is 16.1 Å². The highest BCUT2D eigenvalue weighted by atomic mass is 19.4. The normalized spacial score (nSPS) is 9.76. The molecule has 0 aliphatic rings. The van der Waals surface area contributed by atoms with Crippen LogP contribution in [0.4, 0.5) is 18.9 Å². The molecule has 0 saturated heterocycles. The Morgan fingerprint density at radius 2 is 1.82 bits per heavy atom. The van der Waals surface area contributed by atoms with E-state index >= 15 is 0 Å². The molecule has 4 nitrogen and oxygen atoms in total. The Kier molecular flexibility index (Phi) is 5.54. The molecular weight excluding hydrogens is 237 g/mol. The van der Waals surface area contributed by atoms with Crippen molar-refractivity contribution in [3.05, 3.63) is 29.8 Å². The minimum atomic E-state index is -4.27. The van der Waals surface area contributed by atoms with Gasteiger partial charge < -0.3 is 10.8 Å². The first-order valence-electron chi connectivity index (χ1n) is 4.29. The highest BCUT2D eigenvalue weighted by molar-refractivity contribution is 5.69. The molecule has 1 aromatic rings. The Morgan fingerprint density at radius 1 is 1.35 bits per heavy atom. The third kappa shape index (κ3) is 6.78. The summed E-state index contributed by atoms with van der Waals surface area (Å²) in [6, 6.07) is 5.83. The van der Waals surface area contributed by atoms with Gasteiger partial charge in [0.15, 0.2) is 0 Å². The number of carbonyl (C=O) groups is 1. The molecule has 0 aromatic heterocycles. The molecule has 1 aromatic carbocycles. The van der Waals surface area contributed by atoms with Gasteiger partial charge in [-0.3, -0.25) is 4.79 Å². The SMILES string of the molecule is N#CCC(=O)O.Nc1ccc(C(F)(F)F)cc1. The van der Waals surface area contributed by atoms with E-state index in [9.17, 15) is 18.0 Å². The molecule has 7 heteroatoms. The van der Waals surface area contributed by atoms with Crippen LogP contribution >= 0.6 is 0 Å². The van der Waals surface area contributed by atoms with E-state index in [1.54, 1.807) is 0 Å². The number of halogens is 3. The number of carboxylic acids is 1. The van der Waals surface area contributed by atoms with Gasteiger partial charge in [0.05, 0.1) is 11.6 Å². The van der Waals surface area contributed by atoms with Gasteiger partial charge in [-0.2, -0.15) is 18.4 Å². The summed E-state index contributed by atoms with van der Waals surface area (Å²) >= 11 is 0. The fourth-order valence-electron chi connectivity index (χ4n) is 0.740. The van der Waals surface area contributed by atoms with Crippen molar-refractivity contribution in [3.63, 3.8) is 0 Å². The van der Waals surface area contributed by atoms with E-state index in [1.165, 1.54) is 18.2 Å².